The van der Waals surface area contributed by atoms with E-state index in [-0.39, 0.29) is 5.97 Å². The molecule has 116 valence electrons. The van der Waals surface area contributed by atoms with E-state index in [0.29, 0.717) is 19.2 Å². The quantitative estimate of drug-likeness (QED) is 0.584. The van der Waals surface area contributed by atoms with Gasteiger partial charge in [-0.1, -0.05) is 0 Å². The van der Waals surface area contributed by atoms with Gasteiger partial charge in [0, 0.05) is 51.9 Å². The highest BCUT2D eigenvalue weighted by Gasteiger charge is 2.33. The average molecular weight is 284 g/mol. The normalized spacial score (nSPS) is 23.0. The summed E-state index contributed by atoms with van der Waals surface area (Å²) in [4.78, 5) is 20.8. The summed E-state index contributed by atoms with van der Waals surface area (Å²) in [6.07, 6.45) is 0. The Labute approximate surface area is 122 Å². The summed E-state index contributed by atoms with van der Waals surface area (Å²) in [5.74, 6) is -0.0938. The van der Waals surface area contributed by atoms with E-state index in [0.717, 1.165) is 45.8 Å². The van der Waals surface area contributed by atoms with Gasteiger partial charge in [0.15, 0.2) is 0 Å². The van der Waals surface area contributed by atoms with Crippen LogP contribution in [0.3, 0.4) is 0 Å². The van der Waals surface area contributed by atoms with Crippen molar-refractivity contribution in [2.24, 2.45) is 0 Å². The maximum absolute atomic E-state index is 11.7. The predicted octanol–water partition coefficient (Wildman–Crippen LogP) is -0.977. The van der Waals surface area contributed by atoms with Gasteiger partial charge in [0.2, 0.25) is 0 Å². The number of nitrogens with zero attached hydrogens (tertiary/aromatic N) is 4. The molecule has 6 nitrogen and oxygen atoms in total. The number of hydrogen-bond acceptors (Lipinski definition) is 6. The first-order chi connectivity index (χ1) is 9.54. The van der Waals surface area contributed by atoms with Crippen molar-refractivity contribution in [2.45, 2.75) is 6.04 Å². The molecular formula is C14H28N4O2. The molecule has 0 spiro atoms. The van der Waals surface area contributed by atoms with Crippen molar-refractivity contribution >= 4 is 5.97 Å². The second kappa shape index (κ2) is 7.36. The van der Waals surface area contributed by atoms with Crippen LogP contribution >= 0.6 is 0 Å². The van der Waals surface area contributed by atoms with E-state index in [1.165, 1.54) is 0 Å². The number of piperazine rings is 1. The lowest BCUT2D eigenvalue weighted by Gasteiger charge is -2.47. The van der Waals surface area contributed by atoms with Crippen LogP contribution in [0.5, 0.6) is 0 Å². The van der Waals surface area contributed by atoms with Crippen LogP contribution < -0.4 is 0 Å². The molecule has 0 unspecified atom stereocenters. The Balaban J connectivity index is 1.56. The predicted molar refractivity (Wildman–Crippen MR) is 78.8 cm³/mol. The summed E-state index contributed by atoms with van der Waals surface area (Å²) < 4.78 is 5.21. The van der Waals surface area contributed by atoms with Crippen LogP contribution in [0.1, 0.15) is 0 Å². The molecular weight excluding hydrogens is 256 g/mol. The zero-order valence-corrected chi connectivity index (χ0v) is 13.0. The van der Waals surface area contributed by atoms with Crippen LogP contribution in [0.4, 0.5) is 0 Å². The fraction of sp³-hybridized carbons (Fsp3) is 0.929. The number of carbonyl (C=O) groups is 1. The van der Waals surface area contributed by atoms with Gasteiger partial charge in [0.25, 0.3) is 0 Å². The number of hydrogen-bond donors (Lipinski definition) is 0. The summed E-state index contributed by atoms with van der Waals surface area (Å²) in [6, 6.07) is 0.637. The third kappa shape index (κ3) is 4.70. The molecule has 2 aliphatic heterocycles. The highest BCUT2D eigenvalue weighted by molar-refractivity contribution is 5.71. The lowest BCUT2D eigenvalue weighted by Crippen LogP contribution is -2.63. The maximum atomic E-state index is 11.7. The van der Waals surface area contributed by atoms with Crippen LogP contribution in [-0.2, 0) is 9.53 Å². The molecule has 2 fully saturated rings. The Kier molecular flexibility index (Phi) is 5.77. The Hall–Kier alpha value is -0.690. The van der Waals surface area contributed by atoms with E-state index in [1.807, 2.05) is 19.0 Å². The maximum Gasteiger partial charge on any atom is 0.320 e. The third-order valence-corrected chi connectivity index (χ3v) is 4.15. The highest BCUT2D eigenvalue weighted by atomic mass is 16.5. The molecule has 2 heterocycles. The van der Waals surface area contributed by atoms with Crippen LogP contribution in [0.15, 0.2) is 0 Å². The summed E-state index contributed by atoms with van der Waals surface area (Å²) in [6.45, 7) is 8.35. The number of carbonyl (C=O) groups excluding carboxylic acids is 1. The van der Waals surface area contributed by atoms with Crippen LogP contribution in [0.2, 0.25) is 0 Å². The van der Waals surface area contributed by atoms with Gasteiger partial charge in [-0.05, 0) is 21.1 Å². The van der Waals surface area contributed by atoms with Gasteiger partial charge in [-0.2, -0.15) is 0 Å². The standard InChI is InChI=1S/C14H28N4O2/c1-15(2)8-9-20-14(19)12-17-10-13(11-17)18-6-4-16(3)5-7-18/h13H,4-12H2,1-3H3. The van der Waals surface area contributed by atoms with Gasteiger partial charge in [0.1, 0.15) is 6.61 Å². The minimum absolute atomic E-state index is 0.0938. The van der Waals surface area contributed by atoms with Gasteiger partial charge < -0.3 is 14.5 Å². The van der Waals surface area contributed by atoms with Crippen molar-refractivity contribution in [3.8, 4) is 0 Å². The summed E-state index contributed by atoms with van der Waals surface area (Å²) in [5, 5.41) is 0. The zero-order chi connectivity index (χ0) is 14.5. The molecule has 0 aromatic carbocycles. The molecule has 0 amide bonds. The summed E-state index contributed by atoms with van der Waals surface area (Å²) >= 11 is 0. The second-order valence-corrected chi connectivity index (χ2v) is 6.21. The molecule has 0 aliphatic carbocycles. The molecule has 0 N–H and O–H groups in total. The number of esters is 1. The zero-order valence-electron chi connectivity index (χ0n) is 13.0. The monoisotopic (exact) mass is 284 g/mol. The Morgan fingerprint density at radius 1 is 1.20 bits per heavy atom. The first kappa shape index (κ1) is 15.7. The molecule has 2 saturated heterocycles. The molecule has 6 heteroatoms. The van der Waals surface area contributed by atoms with Gasteiger partial charge in [0.05, 0.1) is 6.54 Å². The van der Waals surface area contributed by atoms with Crippen LogP contribution in [0, 0.1) is 0 Å². The van der Waals surface area contributed by atoms with E-state index in [1.54, 1.807) is 0 Å². The molecule has 0 atom stereocenters. The fourth-order valence-electron chi connectivity index (χ4n) is 2.66. The summed E-state index contributed by atoms with van der Waals surface area (Å²) in [7, 11) is 6.13. The topological polar surface area (TPSA) is 39.3 Å². The van der Waals surface area contributed by atoms with Crippen molar-refractivity contribution in [1.82, 2.24) is 19.6 Å². The van der Waals surface area contributed by atoms with E-state index in [9.17, 15) is 4.79 Å². The molecule has 0 radical (unpaired) electrons. The van der Waals surface area contributed by atoms with Gasteiger partial charge in [-0.25, -0.2) is 0 Å². The summed E-state index contributed by atoms with van der Waals surface area (Å²) in [5.41, 5.74) is 0. The Morgan fingerprint density at radius 3 is 2.45 bits per heavy atom. The average Bonchev–Trinajstić information content (AvgIpc) is 2.34. The third-order valence-electron chi connectivity index (χ3n) is 4.15. The van der Waals surface area contributed by atoms with Crippen molar-refractivity contribution in [2.75, 3.05) is 80.1 Å². The lowest BCUT2D eigenvalue weighted by atomic mass is 10.1. The minimum atomic E-state index is -0.0938. The van der Waals surface area contributed by atoms with E-state index >= 15 is 0 Å². The van der Waals surface area contributed by atoms with Crippen molar-refractivity contribution in [1.29, 1.82) is 0 Å². The number of likely N-dealkylation sites (N-methyl/N-ethyl adjacent to an activating group) is 2. The molecule has 0 aromatic rings. The smallest absolute Gasteiger partial charge is 0.320 e. The molecule has 0 saturated carbocycles. The van der Waals surface area contributed by atoms with E-state index in [2.05, 4.69) is 21.7 Å². The molecule has 2 aliphatic rings. The van der Waals surface area contributed by atoms with E-state index in [4.69, 9.17) is 4.74 Å². The van der Waals surface area contributed by atoms with Crippen molar-refractivity contribution in [3.63, 3.8) is 0 Å². The SMILES string of the molecule is CN(C)CCOC(=O)CN1CC(N2CCN(C)CC2)C1. The highest BCUT2D eigenvalue weighted by Crippen LogP contribution is 2.16. The van der Waals surface area contributed by atoms with Gasteiger partial charge in [-0.3, -0.25) is 14.6 Å². The van der Waals surface area contributed by atoms with E-state index < -0.39 is 0 Å². The van der Waals surface area contributed by atoms with Gasteiger partial charge >= 0.3 is 5.97 Å². The Bertz CT molecular complexity index is 310. The minimum Gasteiger partial charge on any atom is -0.463 e. The number of ether oxygens (including phenoxy) is 1. The lowest BCUT2D eigenvalue weighted by molar-refractivity contribution is -0.147. The molecule has 20 heavy (non-hydrogen) atoms. The molecule has 0 aromatic heterocycles. The first-order valence-corrected chi connectivity index (χ1v) is 7.50. The van der Waals surface area contributed by atoms with Crippen molar-refractivity contribution in [3.05, 3.63) is 0 Å². The molecule has 0 bridgehead atoms. The number of likely N-dealkylation sites (tertiary alicyclic amines) is 1. The Morgan fingerprint density at radius 2 is 1.85 bits per heavy atom. The van der Waals surface area contributed by atoms with Crippen molar-refractivity contribution < 1.29 is 9.53 Å². The van der Waals surface area contributed by atoms with Gasteiger partial charge in [-0.15, -0.1) is 0 Å². The fourth-order valence-corrected chi connectivity index (χ4v) is 2.66. The first-order valence-electron chi connectivity index (χ1n) is 7.50. The second-order valence-electron chi connectivity index (χ2n) is 6.21. The van der Waals surface area contributed by atoms with Crippen LogP contribution in [-0.4, -0.2) is 112 Å². The molecule has 2 rings (SSSR count). The van der Waals surface area contributed by atoms with Crippen LogP contribution in [0.25, 0.3) is 0 Å². The largest absolute Gasteiger partial charge is 0.463 e. The number of rotatable bonds is 6.